The Morgan fingerprint density at radius 1 is 1.20 bits per heavy atom. The van der Waals surface area contributed by atoms with E-state index >= 15 is 0 Å². The lowest BCUT2D eigenvalue weighted by Gasteiger charge is -2.17. The lowest BCUT2D eigenvalue weighted by Crippen LogP contribution is -2.35. The van der Waals surface area contributed by atoms with Gasteiger partial charge in [-0.15, -0.1) is 5.10 Å². The van der Waals surface area contributed by atoms with E-state index in [4.69, 9.17) is 23.4 Å². The topological polar surface area (TPSA) is 140 Å². The summed E-state index contributed by atoms with van der Waals surface area (Å²) in [6.07, 6.45) is -0.484. The van der Waals surface area contributed by atoms with Gasteiger partial charge in [0, 0.05) is 5.69 Å². The fourth-order valence-electron chi connectivity index (χ4n) is 4.00. The van der Waals surface area contributed by atoms with Gasteiger partial charge in [-0.25, -0.2) is 14.3 Å². The standard InChI is InChI=1S/C22H23N5O7S/c1-2-30-20(28)13-5-3-6-14(9-13)23-22(29)34-17-11-33-18-16(10-32-19(17)18)27-21(24-25-26-27)35-12-15-7-4-8-31-15/h3-9,16-19H,2,10-12H2,1H3,(H,23,29). The van der Waals surface area contributed by atoms with Crippen LogP contribution in [0.25, 0.3) is 0 Å². The number of carbonyl (C=O) groups is 2. The second-order valence-electron chi connectivity index (χ2n) is 7.81. The number of esters is 1. The first-order chi connectivity index (χ1) is 17.1. The third-order valence-corrected chi connectivity index (χ3v) is 6.52. The highest BCUT2D eigenvalue weighted by Crippen LogP contribution is 2.37. The molecule has 2 aliphatic heterocycles. The minimum atomic E-state index is -0.676. The molecule has 35 heavy (non-hydrogen) atoms. The highest BCUT2D eigenvalue weighted by atomic mass is 32.2. The number of hydrogen-bond acceptors (Lipinski definition) is 11. The van der Waals surface area contributed by atoms with Gasteiger partial charge in [0.25, 0.3) is 0 Å². The molecule has 0 bridgehead atoms. The number of carbonyl (C=O) groups excluding carboxylic acids is 2. The van der Waals surface area contributed by atoms with Crippen molar-refractivity contribution in [2.75, 3.05) is 25.1 Å². The highest BCUT2D eigenvalue weighted by Gasteiger charge is 2.51. The minimum Gasteiger partial charge on any atom is -0.468 e. The van der Waals surface area contributed by atoms with Crippen molar-refractivity contribution >= 4 is 29.5 Å². The average molecular weight is 502 g/mol. The largest absolute Gasteiger partial charge is 0.468 e. The number of rotatable bonds is 8. The molecule has 2 fully saturated rings. The number of thioether (sulfide) groups is 1. The molecule has 5 rings (SSSR count). The van der Waals surface area contributed by atoms with Crippen LogP contribution in [-0.2, 0) is 24.7 Å². The summed E-state index contributed by atoms with van der Waals surface area (Å²) in [5.41, 5.74) is 0.742. The number of tetrazole rings is 1. The molecular weight excluding hydrogens is 478 g/mol. The highest BCUT2D eigenvalue weighted by molar-refractivity contribution is 7.98. The van der Waals surface area contributed by atoms with Crippen LogP contribution in [0.5, 0.6) is 0 Å². The maximum Gasteiger partial charge on any atom is 0.412 e. The van der Waals surface area contributed by atoms with Crippen molar-refractivity contribution < 1.29 is 33.0 Å². The Morgan fingerprint density at radius 2 is 2.09 bits per heavy atom. The van der Waals surface area contributed by atoms with Crippen molar-refractivity contribution in [1.82, 2.24) is 20.2 Å². The summed E-state index contributed by atoms with van der Waals surface area (Å²) in [4.78, 5) is 24.4. The van der Waals surface area contributed by atoms with E-state index in [1.807, 2.05) is 12.1 Å². The van der Waals surface area contributed by atoms with Crippen molar-refractivity contribution in [1.29, 1.82) is 0 Å². The van der Waals surface area contributed by atoms with Crippen molar-refractivity contribution in [2.45, 2.75) is 42.2 Å². The number of fused-ring (bicyclic) bond motifs is 1. The van der Waals surface area contributed by atoms with Crippen molar-refractivity contribution in [3.8, 4) is 0 Å². The molecule has 12 nitrogen and oxygen atoms in total. The average Bonchev–Trinajstić information content (AvgIpc) is 3.64. The van der Waals surface area contributed by atoms with E-state index in [1.165, 1.54) is 17.8 Å². The number of nitrogens with zero attached hydrogens (tertiary/aromatic N) is 4. The van der Waals surface area contributed by atoms with Crippen LogP contribution in [0.1, 0.15) is 29.1 Å². The van der Waals surface area contributed by atoms with Crippen LogP contribution in [-0.4, -0.2) is 70.4 Å². The van der Waals surface area contributed by atoms with E-state index in [1.54, 1.807) is 36.1 Å². The van der Waals surface area contributed by atoms with Gasteiger partial charge >= 0.3 is 12.1 Å². The Balaban J connectivity index is 1.18. The van der Waals surface area contributed by atoms with Gasteiger partial charge in [-0.1, -0.05) is 17.8 Å². The number of aromatic nitrogens is 4. The summed E-state index contributed by atoms with van der Waals surface area (Å²) in [6, 6.07) is 9.89. The van der Waals surface area contributed by atoms with Gasteiger partial charge in [0.2, 0.25) is 5.16 Å². The molecule has 0 radical (unpaired) electrons. The van der Waals surface area contributed by atoms with Crippen LogP contribution < -0.4 is 5.32 Å². The number of benzene rings is 1. The van der Waals surface area contributed by atoms with Gasteiger partial charge in [-0.3, -0.25) is 5.32 Å². The summed E-state index contributed by atoms with van der Waals surface area (Å²) in [6.45, 7) is 2.49. The first-order valence-electron chi connectivity index (χ1n) is 11.0. The molecule has 3 aromatic rings. The van der Waals surface area contributed by atoms with E-state index in [2.05, 4.69) is 20.8 Å². The number of ether oxygens (including phenoxy) is 4. The normalized spacial score (nSPS) is 23.1. The van der Waals surface area contributed by atoms with E-state index < -0.39 is 24.3 Å². The van der Waals surface area contributed by atoms with Gasteiger partial charge in [-0.2, -0.15) is 0 Å². The van der Waals surface area contributed by atoms with Crippen LogP contribution in [0.3, 0.4) is 0 Å². The molecule has 4 heterocycles. The Labute approximate surface area is 204 Å². The third kappa shape index (κ3) is 5.16. The summed E-state index contributed by atoms with van der Waals surface area (Å²) >= 11 is 1.44. The van der Waals surface area contributed by atoms with Crippen LogP contribution in [0.4, 0.5) is 10.5 Å². The second-order valence-corrected chi connectivity index (χ2v) is 8.75. The first-order valence-corrected chi connectivity index (χ1v) is 12.0. The predicted octanol–water partition coefficient (Wildman–Crippen LogP) is 2.69. The molecule has 2 aromatic heterocycles. The first kappa shape index (κ1) is 23.3. The van der Waals surface area contributed by atoms with Crippen LogP contribution >= 0.6 is 11.8 Å². The summed E-state index contributed by atoms with van der Waals surface area (Å²) in [7, 11) is 0. The zero-order chi connectivity index (χ0) is 24.2. The predicted molar refractivity (Wildman–Crippen MR) is 121 cm³/mol. The molecule has 4 atom stereocenters. The molecule has 13 heteroatoms. The van der Waals surface area contributed by atoms with Gasteiger partial charge in [0.1, 0.15) is 24.0 Å². The molecular formula is C22H23N5O7S. The van der Waals surface area contributed by atoms with Crippen LogP contribution in [0.15, 0.2) is 52.2 Å². The number of anilines is 1. The molecule has 1 amide bonds. The van der Waals surface area contributed by atoms with Crippen molar-refractivity contribution in [3.63, 3.8) is 0 Å². The van der Waals surface area contributed by atoms with Gasteiger partial charge in [0.05, 0.1) is 37.4 Å². The lowest BCUT2D eigenvalue weighted by atomic mass is 10.1. The maximum absolute atomic E-state index is 12.5. The van der Waals surface area contributed by atoms with Crippen molar-refractivity contribution in [2.24, 2.45) is 0 Å². The van der Waals surface area contributed by atoms with Crippen molar-refractivity contribution in [3.05, 3.63) is 54.0 Å². The third-order valence-electron chi connectivity index (χ3n) is 5.56. The molecule has 184 valence electrons. The van der Waals surface area contributed by atoms with E-state index in [0.29, 0.717) is 28.8 Å². The maximum atomic E-state index is 12.5. The lowest BCUT2D eigenvalue weighted by molar-refractivity contribution is 0.00751. The number of nitrogens with one attached hydrogen (secondary N) is 1. The summed E-state index contributed by atoms with van der Waals surface area (Å²) < 4.78 is 29.5. The fourth-order valence-corrected chi connectivity index (χ4v) is 4.83. The van der Waals surface area contributed by atoms with Crippen LogP contribution in [0, 0.1) is 0 Å². The van der Waals surface area contributed by atoms with Gasteiger partial charge < -0.3 is 23.4 Å². The molecule has 4 unspecified atom stereocenters. The van der Waals surface area contributed by atoms with Gasteiger partial charge in [-0.05, 0) is 47.7 Å². The quantitative estimate of drug-likeness (QED) is 0.360. The summed E-state index contributed by atoms with van der Waals surface area (Å²) in [5, 5.41) is 15.3. The van der Waals surface area contributed by atoms with E-state index in [0.717, 1.165) is 5.76 Å². The smallest absolute Gasteiger partial charge is 0.412 e. The fraction of sp³-hybridized carbons (Fsp3) is 0.409. The van der Waals surface area contributed by atoms with Crippen LogP contribution in [0.2, 0.25) is 0 Å². The van der Waals surface area contributed by atoms with Gasteiger partial charge in [0.15, 0.2) is 6.10 Å². The molecule has 2 aliphatic rings. The van der Waals surface area contributed by atoms with E-state index in [-0.39, 0.29) is 25.4 Å². The molecule has 1 N–H and O–H groups in total. The Bertz CT molecular complexity index is 1170. The molecule has 0 aliphatic carbocycles. The number of hydrogen-bond donors (Lipinski definition) is 1. The van der Waals surface area contributed by atoms with E-state index in [9.17, 15) is 9.59 Å². The number of furan rings is 1. The Hall–Kier alpha value is -3.42. The molecule has 0 saturated carbocycles. The summed E-state index contributed by atoms with van der Waals surface area (Å²) in [5.74, 6) is 0.930. The zero-order valence-corrected chi connectivity index (χ0v) is 19.6. The Kier molecular flexibility index (Phi) is 6.97. The monoisotopic (exact) mass is 501 g/mol. The second kappa shape index (κ2) is 10.5. The minimum absolute atomic E-state index is 0.180. The Morgan fingerprint density at radius 3 is 2.91 bits per heavy atom. The SMILES string of the molecule is CCOC(=O)c1cccc(NC(=O)OC2COC3C2OCC3n2nnnc2SCc2ccco2)c1. The molecule has 1 aromatic carbocycles. The molecule has 0 spiro atoms. The zero-order valence-electron chi connectivity index (χ0n) is 18.7. The number of amides is 1. The molecule has 2 saturated heterocycles.